The van der Waals surface area contributed by atoms with Crippen molar-refractivity contribution >= 4 is 45.5 Å². The molecule has 2 aromatic carbocycles. The normalized spacial score (nSPS) is 15.2. The van der Waals surface area contributed by atoms with Crippen LogP contribution in [0.3, 0.4) is 0 Å². The Bertz CT molecular complexity index is 853. The van der Waals surface area contributed by atoms with Crippen LogP contribution in [0.1, 0.15) is 18.1 Å². The first-order valence-electron chi connectivity index (χ1n) is 7.17. The Balaban J connectivity index is 1.83. The number of ether oxygens (including phenoxy) is 1. The van der Waals surface area contributed by atoms with Gasteiger partial charge in [0, 0.05) is 22.6 Å². The van der Waals surface area contributed by atoms with E-state index >= 15 is 0 Å². The van der Waals surface area contributed by atoms with E-state index in [4.69, 9.17) is 4.74 Å². The zero-order chi connectivity index (χ0) is 17.1. The molecule has 3 rings (SSSR count). The van der Waals surface area contributed by atoms with Crippen molar-refractivity contribution in [2.45, 2.75) is 6.92 Å². The van der Waals surface area contributed by atoms with Crippen molar-refractivity contribution in [1.29, 1.82) is 0 Å². The van der Waals surface area contributed by atoms with E-state index in [2.05, 4.69) is 26.2 Å². The molecule has 5 nitrogen and oxygen atoms in total. The Kier molecular flexibility index (Phi) is 4.57. The number of rotatable bonds is 3. The molecular formula is C18H13BrN2O3. The third-order valence-corrected chi connectivity index (χ3v) is 3.77. The molecule has 1 heterocycles. The summed E-state index contributed by atoms with van der Waals surface area (Å²) in [4.78, 5) is 27.2. The third-order valence-electron chi connectivity index (χ3n) is 3.25. The summed E-state index contributed by atoms with van der Waals surface area (Å²) in [6, 6.07) is 14.4. The van der Waals surface area contributed by atoms with Crippen molar-refractivity contribution in [3.05, 3.63) is 69.8 Å². The van der Waals surface area contributed by atoms with Gasteiger partial charge >= 0.3 is 5.97 Å². The van der Waals surface area contributed by atoms with Gasteiger partial charge in [-0.05, 0) is 48.0 Å². The number of nitrogens with zero attached hydrogens (tertiary/aromatic N) is 1. The second-order valence-electron chi connectivity index (χ2n) is 5.15. The Labute approximate surface area is 147 Å². The minimum absolute atomic E-state index is 0.146. The van der Waals surface area contributed by atoms with Gasteiger partial charge in [-0.15, -0.1) is 0 Å². The number of nitrogens with one attached hydrogen (secondary N) is 1. The lowest BCUT2D eigenvalue weighted by Gasteiger charge is -2.03. The fourth-order valence-electron chi connectivity index (χ4n) is 2.15. The van der Waals surface area contributed by atoms with Crippen molar-refractivity contribution < 1.29 is 14.3 Å². The molecule has 2 aromatic rings. The highest BCUT2D eigenvalue weighted by Crippen LogP contribution is 2.21. The van der Waals surface area contributed by atoms with Gasteiger partial charge in [0.05, 0.1) is 0 Å². The fraction of sp³-hybridized carbons (Fsp3) is 0.0556. The van der Waals surface area contributed by atoms with Crippen LogP contribution in [-0.2, 0) is 14.3 Å². The molecule has 1 N–H and O–H groups in total. The lowest BCUT2D eigenvalue weighted by atomic mass is 10.2. The molecule has 0 aromatic heterocycles. The van der Waals surface area contributed by atoms with Crippen LogP contribution in [0.15, 0.2) is 63.7 Å². The second-order valence-corrected chi connectivity index (χ2v) is 6.06. The maximum Gasteiger partial charge on any atom is 0.363 e. The van der Waals surface area contributed by atoms with Gasteiger partial charge in [0.2, 0.25) is 11.8 Å². The Morgan fingerprint density at radius 2 is 1.79 bits per heavy atom. The number of anilines is 1. The van der Waals surface area contributed by atoms with Crippen LogP contribution >= 0.6 is 15.9 Å². The minimum Gasteiger partial charge on any atom is -0.402 e. The van der Waals surface area contributed by atoms with E-state index in [9.17, 15) is 9.59 Å². The average molecular weight is 385 g/mol. The van der Waals surface area contributed by atoms with Gasteiger partial charge < -0.3 is 10.1 Å². The number of benzene rings is 2. The topological polar surface area (TPSA) is 67.8 Å². The summed E-state index contributed by atoms with van der Waals surface area (Å²) >= 11 is 3.36. The lowest BCUT2D eigenvalue weighted by Crippen LogP contribution is -2.07. The quantitative estimate of drug-likeness (QED) is 0.647. The standard InChI is InChI=1S/C18H13BrN2O3/c1-11(22)20-15-8-4-13(5-9-15)17-21-16(18(23)24-17)10-12-2-6-14(19)7-3-12/h2-10H,1H3,(H,20,22)/b16-10-. The molecule has 0 bridgehead atoms. The first kappa shape index (κ1) is 16.1. The number of aliphatic imine (C=N–C) groups is 1. The molecule has 1 aliphatic heterocycles. The van der Waals surface area contributed by atoms with Gasteiger partial charge in [-0.25, -0.2) is 9.79 Å². The highest BCUT2D eigenvalue weighted by Gasteiger charge is 2.24. The number of carbonyl (C=O) groups is 2. The minimum atomic E-state index is -0.487. The summed E-state index contributed by atoms with van der Waals surface area (Å²) < 4.78 is 6.18. The van der Waals surface area contributed by atoms with Crippen LogP contribution in [0.4, 0.5) is 5.69 Å². The van der Waals surface area contributed by atoms with Crippen molar-refractivity contribution in [3.63, 3.8) is 0 Å². The molecular weight excluding hydrogens is 372 g/mol. The Hall–Kier alpha value is -2.73. The molecule has 6 heteroatoms. The van der Waals surface area contributed by atoms with Crippen LogP contribution in [0.25, 0.3) is 6.08 Å². The predicted octanol–water partition coefficient (Wildman–Crippen LogP) is 3.75. The molecule has 0 unspecified atom stereocenters. The number of carbonyl (C=O) groups excluding carboxylic acids is 2. The highest BCUT2D eigenvalue weighted by atomic mass is 79.9. The molecule has 1 amide bonds. The second kappa shape index (κ2) is 6.80. The molecule has 24 heavy (non-hydrogen) atoms. The number of halogens is 1. The molecule has 1 aliphatic rings. The zero-order valence-corrected chi connectivity index (χ0v) is 14.3. The summed E-state index contributed by atoms with van der Waals surface area (Å²) in [6.07, 6.45) is 1.67. The highest BCUT2D eigenvalue weighted by molar-refractivity contribution is 9.10. The Morgan fingerprint density at radius 1 is 1.12 bits per heavy atom. The first-order chi connectivity index (χ1) is 11.5. The van der Waals surface area contributed by atoms with Gasteiger partial charge in [0.25, 0.3) is 0 Å². The number of amides is 1. The maximum atomic E-state index is 12.0. The van der Waals surface area contributed by atoms with E-state index in [0.29, 0.717) is 11.3 Å². The van der Waals surface area contributed by atoms with Crippen LogP contribution in [0.5, 0.6) is 0 Å². The van der Waals surface area contributed by atoms with Gasteiger partial charge in [0.1, 0.15) is 0 Å². The van der Waals surface area contributed by atoms with Gasteiger partial charge in [0.15, 0.2) is 5.70 Å². The summed E-state index contributed by atoms with van der Waals surface area (Å²) in [6.45, 7) is 1.44. The maximum absolute atomic E-state index is 12.0. The van der Waals surface area contributed by atoms with E-state index in [1.54, 1.807) is 30.3 Å². The number of esters is 1. The van der Waals surface area contributed by atoms with Crippen molar-refractivity contribution in [2.24, 2.45) is 4.99 Å². The summed E-state index contributed by atoms with van der Waals surface area (Å²) in [5.41, 5.74) is 2.44. The van der Waals surface area contributed by atoms with E-state index in [0.717, 1.165) is 10.0 Å². The average Bonchev–Trinajstić information content (AvgIpc) is 2.91. The molecule has 120 valence electrons. The monoisotopic (exact) mass is 384 g/mol. The van der Waals surface area contributed by atoms with E-state index in [1.807, 2.05) is 24.3 Å². The molecule has 0 saturated carbocycles. The van der Waals surface area contributed by atoms with Crippen LogP contribution in [-0.4, -0.2) is 17.8 Å². The predicted molar refractivity (Wildman–Crippen MR) is 95.5 cm³/mol. The van der Waals surface area contributed by atoms with Gasteiger partial charge in [-0.1, -0.05) is 28.1 Å². The smallest absolute Gasteiger partial charge is 0.363 e. The van der Waals surface area contributed by atoms with E-state index < -0.39 is 5.97 Å². The van der Waals surface area contributed by atoms with Crippen LogP contribution < -0.4 is 5.32 Å². The van der Waals surface area contributed by atoms with Crippen molar-refractivity contribution in [1.82, 2.24) is 0 Å². The lowest BCUT2D eigenvalue weighted by molar-refractivity contribution is -0.129. The van der Waals surface area contributed by atoms with E-state index in [1.165, 1.54) is 6.92 Å². The number of cyclic esters (lactones) is 1. The molecule has 0 radical (unpaired) electrons. The van der Waals surface area contributed by atoms with E-state index in [-0.39, 0.29) is 17.5 Å². The number of hydrogen-bond donors (Lipinski definition) is 1. The summed E-state index contributed by atoms with van der Waals surface area (Å²) in [7, 11) is 0. The zero-order valence-electron chi connectivity index (χ0n) is 12.7. The van der Waals surface area contributed by atoms with Crippen LogP contribution in [0, 0.1) is 0 Å². The molecule has 0 saturated heterocycles. The summed E-state index contributed by atoms with van der Waals surface area (Å²) in [5.74, 6) is -0.385. The largest absolute Gasteiger partial charge is 0.402 e. The molecule has 0 atom stereocenters. The van der Waals surface area contributed by atoms with Gasteiger partial charge in [-0.3, -0.25) is 4.79 Å². The van der Waals surface area contributed by atoms with Gasteiger partial charge in [-0.2, -0.15) is 0 Å². The molecule has 0 spiro atoms. The summed E-state index contributed by atoms with van der Waals surface area (Å²) in [5, 5.41) is 2.68. The SMILES string of the molecule is CC(=O)Nc1ccc(C2=N/C(=C\c3ccc(Br)cc3)C(=O)O2)cc1. The molecule has 0 fully saturated rings. The van der Waals surface area contributed by atoms with Crippen molar-refractivity contribution in [3.8, 4) is 0 Å². The Morgan fingerprint density at radius 3 is 2.42 bits per heavy atom. The third kappa shape index (κ3) is 3.78. The first-order valence-corrected chi connectivity index (χ1v) is 7.97. The van der Waals surface area contributed by atoms with Crippen LogP contribution in [0.2, 0.25) is 0 Å². The van der Waals surface area contributed by atoms with Crippen molar-refractivity contribution in [2.75, 3.05) is 5.32 Å². The fourth-order valence-corrected chi connectivity index (χ4v) is 2.41. The molecule has 0 aliphatic carbocycles. The number of hydrogen-bond acceptors (Lipinski definition) is 4.